The van der Waals surface area contributed by atoms with Crippen molar-refractivity contribution in [2.45, 2.75) is 46.1 Å². The van der Waals surface area contributed by atoms with Crippen molar-refractivity contribution in [1.82, 2.24) is 9.47 Å². The summed E-state index contributed by atoms with van der Waals surface area (Å²) in [6.07, 6.45) is 5.25. The molecule has 0 spiro atoms. The predicted molar refractivity (Wildman–Crippen MR) is 86.4 cm³/mol. The number of nitrogens with zero attached hydrogens (tertiary/aromatic N) is 2. The van der Waals surface area contributed by atoms with Crippen LogP contribution in [0.4, 0.5) is 0 Å². The fraction of sp³-hybridized carbons (Fsp3) is 0.556. The Morgan fingerprint density at radius 3 is 2.60 bits per heavy atom. The SMILES string of the molecule is CCN(CC)CCn1c2c(c3ccccc31)CCCC2. The van der Waals surface area contributed by atoms with Crippen LogP contribution in [0, 0.1) is 0 Å². The molecule has 0 amide bonds. The van der Waals surface area contributed by atoms with Crippen LogP contribution in [0.3, 0.4) is 0 Å². The summed E-state index contributed by atoms with van der Waals surface area (Å²) in [7, 11) is 0. The third-order valence-electron chi connectivity index (χ3n) is 4.82. The van der Waals surface area contributed by atoms with E-state index in [9.17, 15) is 0 Å². The van der Waals surface area contributed by atoms with Crippen LogP contribution in [0.2, 0.25) is 0 Å². The van der Waals surface area contributed by atoms with Crippen molar-refractivity contribution in [3.63, 3.8) is 0 Å². The van der Waals surface area contributed by atoms with Crippen molar-refractivity contribution in [2.75, 3.05) is 19.6 Å². The van der Waals surface area contributed by atoms with Crippen molar-refractivity contribution in [1.29, 1.82) is 0 Å². The number of para-hydroxylation sites is 1. The highest BCUT2D eigenvalue weighted by Crippen LogP contribution is 2.31. The zero-order valence-corrected chi connectivity index (χ0v) is 12.9. The van der Waals surface area contributed by atoms with Gasteiger partial charge >= 0.3 is 0 Å². The Balaban J connectivity index is 1.96. The average Bonchev–Trinajstić information content (AvgIpc) is 2.83. The summed E-state index contributed by atoms with van der Waals surface area (Å²) in [5.74, 6) is 0. The van der Waals surface area contributed by atoms with Crippen molar-refractivity contribution >= 4 is 10.9 Å². The number of rotatable bonds is 5. The van der Waals surface area contributed by atoms with Gasteiger partial charge in [0.25, 0.3) is 0 Å². The molecule has 0 saturated heterocycles. The summed E-state index contributed by atoms with van der Waals surface area (Å²) in [5.41, 5.74) is 4.70. The number of likely N-dealkylation sites (N-methyl/N-ethyl adjacent to an activating group) is 1. The maximum atomic E-state index is 2.60. The Kier molecular flexibility index (Phi) is 4.11. The number of fused-ring (bicyclic) bond motifs is 3. The van der Waals surface area contributed by atoms with Crippen molar-refractivity contribution < 1.29 is 0 Å². The molecule has 3 rings (SSSR count). The second kappa shape index (κ2) is 6.01. The van der Waals surface area contributed by atoms with Crippen LogP contribution in [0.25, 0.3) is 10.9 Å². The second-order valence-corrected chi connectivity index (χ2v) is 5.83. The molecule has 1 aliphatic rings. The number of benzene rings is 1. The van der Waals surface area contributed by atoms with E-state index < -0.39 is 0 Å². The zero-order valence-electron chi connectivity index (χ0n) is 12.9. The largest absolute Gasteiger partial charge is 0.343 e. The molecule has 0 fully saturated rings. The molecule has 1 heterocycles. The molecule has 20 heavy (non-hydrogen) atoms. The van der Waals surface area contributed by atoms with E-state index in [0.717, 1.165) is 26.2 Å². The number of aromatic nitrogens is 1. The number of aryl methyl sites for hydroxylation is 1. The van der Waals surface area contributed by atoms with E-state index in [2.05, 4.69) is 47.6 Å². The van der Waals surface area contributed by atoms with E-state index in [1.165, 1.54) is 36.6 Å². The van der Waals surface area contributed by atoms with Gasteiger partial charge in [-0.05, 0) is 50.4 Å². The maximum absolute atomic E-state index is 2.60. The van der Waals surface area contributed by atoms with E-state index in [0.29, 0.717) is 0 Å². The lowest BCUT2D eigenvalue weighted by atomic mass is 9.96. The van der Waals surface area contributed by atoms with Gasteiger partial charge in [0.1, 0.15) is 0 Å². The summed E-state index contributed by atoms with van der Waals surface area (Å²) in [6, 6.07) is 8.98. The first kappa shape index (κ1) is 13.7. The minimum Gasteiger partial charge on any atom is -0.343 e. The van der Waals surface area contributed by atoms with Crippen LogP contribution in [0.1, 0.15) is 37.9 Å². The molecule has 0 bridgehead atoms. The molecule has 0 aliphatic heterocycles. The van der Waals surface area contributed by atoms with Gasteiger partial charge in [0.15, 0.2) is 0 Å². The third kappa shape index (κ3) is 2.37. The molecule has 2 heteroatoms. The minimum absolute atomic E-state index is 1.14. The molecule has 1 aromatic heterocycles. The zero-order chi connectivity index (χ0) is 13.9. The van der Waals surface area contributed by atoms with E-state index in [1.54, 1.807) is 11.3 Å². The van der Waals surface area contributed by atoms with E-state index >= 15 is 0 Å². The summed E-state index contributed by atoms with van der Waals surface area (Å²) in [5, 5.41) is 1.50. The first-order chi connectivity index (χ1) is 9.85. The van der Waals surface area contributed by atoms with Gasteiger partial charge in [-0.1, -0.05) is 32.0 Å². The summed E-state index contributed by atoms with van der Waals surface area (Å²) in [4.78, 5) is 2.52. The molecular formula is C18H26N2. The molecule has 2 nitrogen and oxygen atoms in total. The predicted octanol–water partition coefficient (Wildman–Crippen LogP) is 3.86. The molecule has 1 aromatic carbocycles. The van der Waals surface area contributed by atoms with Gasteiger partial charge < -0.3 is 9.47 Å². The molecule has 0 radical (unpaired) electrons. The lowest BCUT2D eigenvalue weighted by Crippen LogP contribution is -2.27. The summed E-state index contributed by atoms with van der Waals surface area (Å²) >= 11 is 0. The standard InChI is InChI=1S/C18H26N2/c1-3-19(4-2)13-14-20-17-11-7-5-9-15(17)16-10-6-8-12-18(16)20/h5,7,9,11H,3-4,6,8,10,12-14H2,1-2H3. The third-order valence-corrected chi connectivity index (χ3v) is 4.82. The lowest BCUT2D eigenvalue weighted by molar-refractivity contribution is 0.290. The topological polar surface area (TPSA) is 8.17 Å². The average molecular weight is 270 g/mol. The van der Waals surface area contributed by atoms with Gasteiger partial charge in [-0.25, -0.2) is 0 Å². The first-order valence-corrected chi connectivity index (χ1v) is 8.16. The second-order valence-electron chi connectivity index (χ2n) is 5.83. The van der Waals surface area contributed by atoms with Gasteiger partial charge in [0, 0.05) is 29.7 Å². The van der Waals surface area contributed by atoms with E-state index in [4.69, 9.17) is 0 Å². The number of hydrogen-bond donors (Lipinski definition) is 0. The molecule has 0 unspecified atom stereocenters. The Morgan fingerprint density at radius 2 is 1.80 bits per heavy atom. The Morgan fingerprint density at radius 1 is 1.05 bits per heavy atom. The quantitative estimate of drug-likeness (QED) is 0.801. The highest BCUT2D eigenvalue weighted by molar-refractivity contribution is 5.85. The normalized spacial score (nSPS) is 14.9. The van der Waals surface area contributed by atoms with Gasteiger partial charge in [0.2, 0.25) is 0 Å². The van der Waals surface area contributed by atoms with E-state index in [-0.39, 0.29) is 0 Å². The molecule has 0 atom stereocenters. The Bertz CT molecular complexity index is 578. The van der Waals surface area contributed by atoms with Crippen LogP contribution >= 0.6 is 0 Å². The van der Waals surface area contributed by atoms with Crippen molar-refractivity contribution in [3.05, 3.63) is 35.5 Å². The lowest BCUT2D eigenvalue weighted by Gasteiger charge is -2.21. The molecule has 108 valence electrons. The van der Waals surface area contributed by atoms with Crippen LogP contribution in [0.5, 0.6) is 0 Å². The highest BCUT2D eigenvalue weighted by Gasteiger charge is 2.19. The maximum Gasteiger partial charge on any atom is 0.0485 e. The summed E-state index contributed by atoms with van der Waals surface area (Å²) in [6.45, 7) is 9.12. The van der Waals surface area contributed by atoms with Gasteiger partial charge in [-0.15, -0.1) is 0 Å². The molecule has 0 saturated carbocycles. The Labute approximate surface area is 122 Å². The van der Waals surface area contributed by atoms with Gasteiger partial charge in [-0.3, -0.25) is 0 Å². The first-order valence-electron chi connectivity index (χ1n) is 8.16. The van der Waals surface area contributed by atoms with Gasteiger partial charge in [0.05, 0.1) is 0 Å². The van der Waals surface area contributed by atoms with E-state index in [1.807, 2.05) is 0 Å². The summed E-state index contributed by atoms with van der Waals surface area (Å²) < 4.78 is 2.60. The van der Waals surface area contributed by atoms with Crippen molar-refractivity contribution in [3.8, 4) is 0 Å². The Hall–Kier alpha value is -1.28. The van der Waals surface area contributed by atoms with Crippen molar-refractivity contribution in [2.24, 2.45) is 0 Å². The smallest absolute Gasteiger partial charge is 0.0485 e. The fourth-order valence-electron chi connectivity index (χ4n) is 3.62. The molecule has 1 aliphatic carbocycles. The van der Waals surface area contributed by atoms with Crippen LogP contribution in [0.15, 0.2) is 24.3 Å². The van der Waals surface area contributed by atoms with Crippen LogP contribution < -0.4 is 0 Å². The number of hydrogen-bond acceptors (Lipinski definition) is 1. The van der Waals surface area contributed by atoms with Crippen LogP contribution in [-0.4, -0.2) is 29.1 Å². The van der Waals surface area contributed by atoms with Gasteiger partial charge in [-0.2, -0.15) is 0 Å². The molecule has 2 aromatic rings. The molecule has 0 N–H and O–H groups in total. The van der Waals surface area contributed by atoms with Crippen LogP contribution in [-0.2, 0) is 19.4 Å². The fourth-order valence-corrected chi connectivity index (χ4v) is 3.62. The minimum atomic E-state index is 1.14. The highest BCUT2D eigenvalue weighted by atomic mass is 15.1. The monoisotopic (exact) mass is 270 g/mol. The molecular weight excluding hydrogens is 244 g/mol.